The zero-order valence-corrected chi connectivity index (χ0v) is 12.8. The summed E-state index contributed by atoms with van der Waals surface area (Å²) in [5.74, 6) is 0.260. The number of benzene rings is 1. The Morgan fingerprint density at radius 1 is 1.33 bits per heavy atom. The van der Waals surface area contributed by atoms with Crippen molar-refractivity contribution in [3.05, 3.63) is 35.6 Å². The summed E-state index contributed by atoms with van der Waals surface area (Å²) in [7, 11) is 0. The Labute approximate surface area is 126 Å². The molecule has 1 aromatic carbocycles. The highest BCUT2D eigenvalue weighted by atomic mass is 19.1. The summed E-state index contributed by atoms with van der Waals surface area (Å²) < 4.78 is 13.0. The molecule has 3 atom stereocenters. The van der Waals surface area contributed by atoms with Crippen LogP contribution < -0.4 is 11.1 Å². The van der Waals surface area contributed by atoms with Crippen molar-refractivity contribution in [1.82, 2.24) is 5.32 Å². The summed E-state index contributed by atoms with van der Waals surface area (Å²) in [6.07, 6.45) is 3.33. The molecule has 1 aliphatic carbocycles. The van der Waals surface area contributed by atoms with Crippen LogP contribution in [0.4, 0.5) is 4.39 Å². The number of carbonyl (C=O) groups is 1. The lowest BCUT2D eigenvalue weighted by atomic mass is 9.95. The van der Waals surface area contributed by atoms with Crippen molar-refractivity contribution < 1.29 is 9.18 Å². The van der Waals surface area contributed by atoms with Gasteiger partial charge in [-0.3, -0.25) is 4.79 Å². The van der Waals surface area contributed by atoms with Gasteiger partial charge >= 0.3 is 0 Å². The molecule has 0 saturated heterocycles. The van der Waals surface area contributed by atoms with Crippen molar-refractivity contribution in [3.63, 3.8) is 0 Å². The standard InChI is InChI=1S/C17H25FN2O/c1-11(2)16(9-12-3-6-14(18)7-4-12)20-17(21)13-5-8-15(19)10-13/h3-4,6-7,11,13,15-16H,5,8-10,19H2,1-2H3,(H,20,21). The molecule has 1 saturated carbocycles. The summed E-state index contributed by atoms with van der Waals surface area (Å²) in [4.78, 5) is 12.3. The first kappa shape index (κ1) is 16.0. The average molecular weight is 292 g/mol. The summed E-state index contributed by atoms with van der Waals surface area (Å²) >= 11 is 0. The van der Waals surface area contributed by atoms with Crippen LogP contribution in [-0.4, -0.2) is 18.0 Å². The number of rotatable bonds is 5. The van der Waals surface area contributed by atoms with Crippen molar-refractivity contribution in [1.29, 1.82) is 0 Å². The highest BCUT2D eigenvalue weighted by Gasteiger charge is 2.29. The summed E-state index contributed by atoms with van der Waals surface area (Å²) in [5, 5.41) is 3.15. The molecule has 1 amide bonds. The maximum absolute atomic E-state index is 13.0. The van der Waals surface area contributed by atoms with Crippen LogP contribution in [0, 0.1) is 17.7 Å². The van der Waals surface area contributed by atoms with Gasteiger partial charge in [-0.05, 0) is 49.3 Å². The van der Waals surface area contributed by atoms with Crippen molar-refractivity contribution in [2.24, 2.45) is 17.6 Å². The zero-order chi connectivity index (χ0) is 15.4. The molecule has 4 heteroatoms. The largest absolute Gasteiger partial charge is 0.353 e. The second-order valence-corrected chi connectivity index (χ2v) is 6.46. The Morgan fingerprint density at radius 2 is 2.00 bits per heavy atom. The van der Waals surface area contributed by atoms with E-state index >= 15 is 0 Å². The highest BCUT2D eigenvalue weighted by Crippen LogP contribution is 2.24. The van der Waals surface area contributed by atoms with Gasteiger partial charge in [0.15, 0.2) is 0 Å². The fourth-order valence-electron chi connectivity index (χ4n) is 2.88. The Bertz CT molecular complexity index is 472. The molecular weight excluding hydrogens is 267 g/mol. The number of carbonyl (C=O) groups excluding carboxylic acids is 1. The summed E-state index contributed by atoms with van der Waals surface area (Å²) in [6, 6.07) is 6.72. The van der Waals surface area contributed by atoms with Crippen LogP contribution in [0.2, 0.25) is 0 Å². The molecule has 0 spiro atoms. The fraction of sp³-hybridized carbons (Fsp3) is 0.588. The predicted octanol–water partition coefficient (Wildman–Crippen LogP) is 2.64. The molecule has 3 N–H and O–H groups in total. The van der Waals surface area contributed by atoms with Crippen LogP contribution in [-0.2, 0) is 11.2 Å². The SMILES string of the molecule is CC(C)C(Cc1ccc(F)cc1)NC(=O)C1CCC(N)C1. The van der Waals surface area contributed by atoms with E-state index in [2.05, 4.69) is 19.2 Å². The third-order valence-corrected chi connectivity index (χ3v) is 4.35. The third kappa shape index (κ3) is 4.53. The fourth-order valence-corrected chi connectivity index (χ4v) is 2.88. The van der Waals surface area contributed by atoms with Gasteiger partial charge in [-0.1, -0.05) is 26.0 Å². The Morgan fingerprint density at radius 3 is 2.52 bits per heavy atom. The highest BCUT2D eigenvalue weighted by molar-refractivity contribution is 5.79. The molecule has 3 unspecified atom stereocenters. The number of nitrogens with two attached hydrogens (primary N) is 1. The Hall–Kier alpha value is -1.42. The number of hydrogen-bond donors (Lipinski definition) is 2. The van der Waals surface area contributed by atoms with Crippen LogP contribution in [0.25, 0.3) is 0 Å². The first-order valence-electron chi connectivity index (χ1n) is 7.76. The molecule has 0 aliphatic heterocycles. The monoisotopic (exact) mass is 292 g/mol. The van der Waals surface area contributed by atoms with Crippen LogP contribution in [0.3, 0.4) is 0 Å². The first-order chi connectivity index (χ1) is 9.95. The lowest BCUT2D eigenvalue weighted by Crippen LogP contribution is -2.43. The minimum absolute atomic E-state index is 0.0504. The number of halogens is 1. The molecule has 0 aromatic heterocycles. The van der Waals surface area contributed by atoms with E-state index in [1.54, 1.807) is 12.1 Å². The van der Waals surface area contributed by atoms with Gasteiger partial charge in [0.1, 0.15) is 5.82 Å². The molecule has 21 heavy (non-hydrogen) atoms. The topological polar surface area (TPSA) is 55.1 Å². The minimum Gasteiger partial charge on any atom is -0.353 e. The predicted molar refractivity (Wildman–Crippen MR) is 82.2 cm³/mol. The van der Waals surface area contributed by atoms with E-state index in [-0.39, 0.29) is 29.7 Å². The van der Waals surface area contributed by atoms with E-state index in [4.69, 9.17) is 5.73 Å². The van der Waals surface area contributed by atoms with Crippen LogP contribution >= 0.6 is 0 Å². The lowest BCUT2D eigenvalue weighted by molar-refractivity contribution is -0.125. The van der Waals surface area contributed by atoms with Gasteiger partial charge in [0.25, 0.3) is 0 Å². The number of hydrogen-bond acceptors (Lipinski definition) is 2. The average Bonchev–Trinajstić information content (AvgIpc) is 2.87. The van der Waals surface area contributed by atoms with Crippen LogP contribution in [0.1, 0.15) is 38.7 Å². The molecule has 0 radical (unpaired) electrons. The van der Waals surface area contributed by atoms with Crippen LogP contribution in [0.5, 0.6) is 0 Å². The van der Waals surface area contributed by atoms with Crippen molar-refractivity contribution in [2.75, 3.05) is 0 Å². The molecule has 2 rings (SSSR count). The molecule has 116 valence electrons. The molecular formula is C17H25FN2O. The van der Waals surface area contributed by atoms with Crippen LogP contribution in [0.15, 0.2) is 24.3 Å². The van der Waals surface area contributed by atoms with E-state index in [0.29, 0.717) is 5.92 Å². The molecule has 1 aromatic rings. The Balaban J connectivity index is 1.95. The molecule has 3 nitrogen and oxygen atoms in total. The maximum atomic E-state index is 13.0. The maximum Gasteiger partial charge on any atom is 0.223 e. The molecule has 1 aliphatic rings. The van der Waals surface area contributed by atoms with E-state index in [1.807, 2.05) is 0 Å². The van der Waals surface area contributed by atoms with Gasteiger partial charge < -0.3 is 11.1 Å². The smallest absolute Gasteiger partial charge is 0.223 e. The zero-order valence-electron chi connectivity index (χ0n) is 12.8. The summed E-state index contributed by atoms with van der Waals surface area (Å²) in [6.45, 7) is 4.18. The third-order valence-electron chi connectivity index (χ3n) is 4.35. The van der Waals surface area contributed by atoms with Gasteiger partial charge in [0.05, 0.1) is 0 Å². The van der Waals surface area contributed by atoms with Gasteiger partial charge in [-0.25, -0.2) is 4.39 Å². The number of amides is 1. The van der Waals surface area contributed by atoms with Gasteiger partial charge in [-0.15, -0.1) is 0 Å². The van der Waals surface area contributed by atoms with Gasteiger partial charge in [0.2, 0.25) is 5.91 Å². The molecule has 0 heterocycles. The van der Waals surface area contributed by atoms with Crippen molar-refractivity contribution in [3.8, 4) is 0 Å². The second kappa shape index (κ2) is 7.03. The number of nitrogens with one attached hydrogen (secondary N) is 1. The summed E-state index contributed by atoms with van der Waals surface area (Å²) in [5.41, 5.74) is 6.92. The van der Waals surface area contributed by atoms with Gasteiger partial charge in [-0.2, -0.15) is 0 Å². The van der Waals surface area contributed by atoms with E-state index in [9.17, 15) is 9.18 Å². The van der Waals surface area contributed by atoms with E-state index < -0.39 is 0 Å². The normalized spacial score (nSPS) is 23.3. The molecule has 0 bridgehead atoms. The minimum atomic E-state index is -0.233. The molecule has 1 fully saturated rings. The Kier molecular flexibility index (Phi) is 5.34. The van der Waals surface area contributed by atoms with E-state index in [0.717, 1.165) is 31.2 Å². The van der Waals surface area contributed by atoms with Gasteiger partial charge in [0, 0.05) is 18.0 Å². The first-order valence-corrected chi connectivity index (χ1v) is 7.76. The van der Waals surface area contributed by atoms with Crippen molar-refractivity contribution in [2.45, 2.75) is 51.6 Å². The second-order valence-electron chi connectivity index (χ2n) is 6.46. The lowest BCUT2D eigenvalue weighted by Gasteiger charge is -2.24. The quantitative estimate of drug-likeness (QED) is 0.876. The van der Waals surface area contributed by atoms with E-state index in [1.165, 1.54) is 12.1 Å². The van der Waals surface area contributed by atoms with Crippen molar-refractivity contribution >= 4 is 5.91 Å².